The van der Waals surface area contributed by atoms with E-state index in [1.807, 2.05) is 25.1 Å². The summed E-state index contributed by atoms with van der Waals surface area (Å²) in [5.41, 5.74) is 1.16. The van der Waals surface area contributed by atoms with Crippen molar-refractivity contribution in [3.63, 3.8) is 0 Å². The average Bonchev–Trinajstić information content (AvgIpc) is 2.72. The molecule has 0 radical (unpaired) electrons. The number of carbonyl (C=O) groups is 1. The van der Waals surface area contributed by atoms with Gasteiger partial charge in [-0.3, -0.25) is 4.99 Å². The van der Waals surface area contributed by atoms with Crippen molar-refractivity contribution < 1.29 is 14.3 Å². The van der Waals surface area contributed by atoms with Crippen LogP contribution in [0.1, 0.15) is 45.1 Å². The van der Waals surface area contributed by atoms with E-state index in [4.69, 9.17) is 14.5 Å². The second-order valence-electron chi connectivity index (χ2n) is 6.97. The number of piperidine rings is 1. The van der Waals surface area contributed by atoms with Gasteiger partial charge in [0.05, 0.1) is 13.7 Å². The third-order valence-electron chi connectivity index (χ3n) is 4.90. The normalized spacial score (nSPS) is 16.4. The smallest absolute Gasteiger partial charge is 0.409 e. The zero-order chi connectivity index (χ0) is 20.4. The molecule has 28 heavy (non-hydrogen) atoms. The molecule has 7 heteroatoms. The second-order valence-corrected chi connectivity index (χ2v) is 6.97. The Balaban J connectivity index is 1.91. The maximum absolute atomic E-state index is 11.8. The Bertz CT molecular complexity index is 642. The lowest BCUT2D eigenvalue weighted by Gasteiger charge is -2.32. The van der Waals surface area contributed by atoms with Crippen LogP contribution in [0.25, 0.3) is 0 Å². The predicted molar refractivity (Wildman–Crippen MR) is 112 cm³/mol. The molecule has 1 aromatic rings. The molecule has 2 rings (SSSR count). The van der Waals surface area contributed by atoms with Gasteiger partial charge >= 0.3 is 6.09 Å². The molecule has 0 spiro atoms. The highest BCUT2D eigenvalue weighted by atomic mass is 16.6. The molecule has 1 fully saturated rings. The number of methoxy groups -OCH3 is 1. The molecule has 1 amide bonds. The summed E-state index contributed by atoms with van der Waals surface area (Å²) in [6.07, 6.45) is 1.54. The maximum Gasteiger partial charge on any atom is 0.409 e. The number of guanidine groups is 1. The summed E-state index contributed by atoms with van der Waals surface area (Å²) < 4.78 is 10.5. The molecule has 156 valence electrons. The van der Waals surface area contributed by atoms with Gasteiger partial charge in [-0.25, -0.2) is 4.79 Å². The molecule has 1 unspecified atom stereocenters. The third-order valence-corrected chi connectivity index (χ3v) is 4.90. The zero-order valence-corrected chi connectivity index (χ0v) is 17.5. The molecule has 0 saturated carbocycles. The second kappa shape index (κ2) is 11.4. The van der Waals surface area contributed by atoms with E-state index in [0.29, 0.717) is 32.3 Å². The Kier molecular flexibility index (Phi) is 8.91. The molecule has 0 aliphatic carbocycles. The van der Waals surface area contributed by atoms with Crippen molar-refractivity contribution in [1.29, 1.82) is 0 Å². The maximum atomic E-state index is 11.8. The fourth-order valence-corrected chi connectivity index (χ4v) is 3.33. The number of nitrogens with one attached hydrogen (secondary N) is 2. The quantitative estimate of drug-likeness (QED) is 0.553. The number of likely N-dealkylation sites (tertiary alicyclic amines) is 1. The summed E-state index contributed by atoms with van der Waals surface area (Å²) in [5.74, 6) is 1.96. The summed E-state index contributed by atoms with van der Waals surface area (Å²) in [7, 11) is 1.70. The summed E-state index contributed by atoms with van der Waals surface area (Å²) in [6.45, 7) is 9.33. The van der Waals surface area contributed by atoms with Crippen LogP contribution in [0, 0.1) is 0 Å². The number of hydrogen-bond donors (Lipinski definition) is 2. The van der Waals surface area contributed by atoms with E-state index in [1.54, 1.807) is 12.0 Å². The fourth-order valence-electron chi connectivity index (χ4n) is 3.33. The van der Waals surface area contributed by atoms with E-state index < -0.39 is 0 Å². The Hall–Kier alpha value is -2.44. The van der Waals surface area contributed by atoms with Crippen molar-refractivity contribution in [2.45, 2.75) is 45.6 Å². The molecule has 1 heterocycles. The van der Waals surface area contributed by atoms with Crippen molar-refractivity contribution in [1.82, 2.24) is 15.5 Å². The lowest BCUT2D eigenvalue weighted by Crippen LogP contribution is -2.50. The number of rotatable bonds is 7. The number of hydrogen-bond acceptors (Lipinski definition) is 4. The first-order chi connectivity index (χ1) is 13.6. The van der Waals surface area contributed by atoms with Crippen molar-refractivity contribution in [2.24, 2.45) is 4.99 Å². The van der Waals surface area contributed by atoms with Crippen LogP contribution in [-0.4, -0.2) is 62.9 Å². The van der Waals surface area contributed by atoms with Crippen LogP contribution in [-0.2, 0) is 4.74 Å². The van der Waals surface area contributed by atoms with Gasteiger partial charge in [-0.05, 0) is 38.3 Å². The molecule has 0 bridgehead atoms. The van der Waals surface area contributed by atoms with Crippen molar-refractivity contribution in [3.05, 3.63) is 29.8 Å². The first-order valence-electron chi connectivity index (χ1n) is 10.2. The lowest BCUT2D eigenvalue weighted by atomic mass is 10.0. The first-order valence-corrected chi connectivity index (χ1v) is 10.2. The molecule has 2 N–H and O–H groups in total. The highest BCUT2D eigenvalue weighted by Gasteiger charge is 2.24. The molecule has 1 saturated heterocycles. The zero-order valence-electron chi connectivity index (χ0n) is 17.5. The van der Waals surface area contributed by atoms with E-state index in [0.717, 1.165) is 36.7 Å². The van der Waals surface area contributed by atoms with Crippen LogP contribution < -0.4 is 15.4 Å². The Morgan fingerprint density at radius 3 is 2.64 bits per heavy atom. The number of carbonyl (C=O) groups excluding carboxylic acids is 1. The van der Waals surface area contributed by atoms with Gasteiger partial charge in [0.1, 0.15) is 5.75 Å². The molecule has 1 atom stereocenters. The van der Waals surface area contributed by atoms with E-state index in [-0.39, 0.29) is 12.0 Å². The molecular formula is C21H34N4O3. The van der Waals surface area contributed by atoms with Crippen LogP contribution in [0.15, 0.2) is 29.3 Å². The van der Waals surface area contributed by atoms with Gasteiger partial charge in [0.15, 0.2) is 5.96 Å². The molecule has 7 nitrogen and oxygen atoms in total. The van der Waals surface area contributed by atoms with Crippen LogP contribution in [0.3, 0.4) is 0 Å². The predicted octanol–water partition coefficient (Wildman–Crippen LogP) is 2.97. The van der Waals surface area contributed by atoms with Crippen LogP contribution in [0.2, 0.25) is 0 Å². The van der Waals surface area contributed by atoms with Gasteiger partial charge in [-0.2, -0.15) is 0 Å². The van der Waals surface area contributed by atoms with Crippen LogP contribution in [0.4, 0.5) is 4.79 Å². The lowest BCUT2D eigenvalue weighted by molar-refractivity contribution is 0.0963. The van der Waals surface area contributed by atoms with Gasteiger partial charge in [0, 0.05) is 38.1 Å². The third kappa shape index (κ3) is 6.32. The number of amides is 1. The van der Waals surface area contributed by atoms with Crippen LogP contribution in [0.5, 0.6) is 5.75 Å². The fraction of sp³-hybridized carbons (Fsp3) is 0.619. The van der Waals surface area contributed by atoms with Crippen molar-refractivity contribution >= 4 is 12.1 Å². The Morgan fingerprint density at radius 2 is 2.00 bits per heavy atom. The number of aliphatic imine (C=N–C) groups is 1. The van der Waals surface area contributed by atoms with Gasteiger partial charge < -0.3 is 25.0 Å². The van der Waals surface area contributed by atoms with Crippen molar-refractivity contribution in [3.8, 4) is 5.75 Å². The minimum Gasteiger partial charge on any atom is -0.496 e. The molecule has 0 aromatic heterocycles. The van der Waals surface area contributed by atoms with Gasteiger partial charge in [-0.15, -0.1) is 0 Å². The average molecular weight is 391 g/mol. The molecule has 1 aliphatic rings. The molecule has 1 aliphatic heterocycles. The van der Waals surface area contributed by atoms with E-state index in [9.17, 15) is 4.79 Å². The minimum absolute atomic E-state index is 0.216. The van der Waals surface area contributed by atoms with Gasteiger partial charge in [-0.1, -0.05) is 25.1 Å². The molecular weight excluding hydrogens is 356 g/mol. The van der Waals surface area contributed by atoms with E-state index >= 15 is 0 Å². The number of nitrogens with zero attached hydrogens (tertiary/aromatic N) is 2. The summed E-state index contributed by atoms with van der Waals surface area (Å²) >= 11 is 0. The highest BCUT2D eigenvalue weighted by molar-refractivity contribution is 5.80. The summed E-state index contributed by atoms with van der Waals surface area (Å²) in [6, 6.07) is 8.37. The van der Waals surface area contributed by atoms with Gasteiger partial charge in [0.25, 0.3) is 0 Å². The standard InChI is InChI=1S/C21H34N4O3/c1-5-22-20(23-15-16(3)18-9-7-8-10-19(18)27-4)24-17-11-13-25(14-12-17)21(26)28-6-2/h7-10,16-17H,5-6,11-15H2,1-4H3,(H2,22,23,24). The summed E-state index contributed by atoms with van der Waals surface area (Å²) in [4.78, 5) is 18.4. The largest absolute Gasteiger partial charge is 0.496 e. The van der Waals surface area contributed by atoms with Crippen molar-refractivity contribution in [2.75, 3.05) is 39.9 Å². The first kappa shape index (κ1) is 21.9. The SMILES string of the molecule is CCNC(=NCC(C)c1ccccc1OC)NC1CCN(C(=O)OCC)CC1. The molecule has 1 aromatic carbocycles. The summed E-state index contributed by atoms with van der Waals surface area (Å²) in [5, 5.41) is 6.83. The van der Waals surface area contributed by atoms with E-state index in [2.05, 4.69) is 30.5 Å². The number of para-hydroxylation sites is 1. The number of benzene rings is 1. The minimum atomic E-state index is -0.216. The Morgan fingerprint density at radius 1 is 1.29 bits per heavy atom. The Labute approximate surface area is 168 Å². The van der Waals surface area contributed by atoms with Gasteiger partial charge in [0.2, 0.25) is 0 Å². The topological polar surface area (TPSA) is 75.2 Å². The number of ether oxygens (including phenoxy) is 2. The highest BCUT2D eigenvalue weighted by Crippen LogP contribution is 2.26. The van der Waals surface area contributed by atoms with Crippen LogP contribution >= 0.6 is 0 Å². The monoisotopic (exact) mass is 390 g/mol. The van der Waals surface area contributed by atoms with E-state index in [1.165, 1.54) is 0 Å².